The Labute approximate surface area is 80.1 Å². The minimum Gasteiger partial charge on any atom is -0.368 e. The van der Waals surface area contributed by atoms with Crippen LogP contribution in [0.4, 0.5) is 0 Å². The topological polar surface area (TPSA) is 55.1 Å². The van der Waals surface area contributed by atoms with E-state index in [0.29, 0.717) is 0 Å². The minimum absolute atomic E-state index is 0.0652. The van der Waals surface area contributed by atoms with Crippen molar-refractivity contribution >= 4 is 5.91 Å². The van der Waals surface area contributed by atoms with Gasteiger partial charge in [-0.1, -0.05) is 6.92 Å². The van der Waals surface area contributed by atoms with Crippen LogP contribution in [-0.4, -0.2) is 17.5 Å². The summed E-state index contributed by atoms with van der Waals surface area (Å²) in [5, 5.41) is 3.33. The molecule has 1 saturated carbocycles. The van der Waals surface area contributed by atoms with E-state index in [9.17, 15) is 4.79 Å². The second-order valence-electron chi connectivity index (χ2n) is 4.50. The fraction of sp³-hybridized carbons (Fsp3) is 0.900. The molecule has 1 atom stereocenters. The zero-order valence-corrected chi connectivity index (χ0v) is 8.76. The first-order valence-electron chi connectivity index (χ1n) is 5.04. The molecule has 0 radical (unpaired) electrons. The summed E-state index contributed by atoms with van der Waals surface area (Å²) in [5.74, 6) is 0.483. The van der Waals surface area contributed by atoms with Crippen LogP contribution >= 0.6 is 0 Å². The van der Waals surface area contributed by atoms with Crippen molar-refractivity contribution in [2.24, 2.45) is 11.7 Å². The zero-order chi connectivity index (χ0) is 10.1. The second kappa shape index (κ2) is 3.66. The molecule has 76 valence electrons. The van der Waals surface area contributed by atoms with Crippen LogP contribution in [0.2, 0.25) is 0 Å². The average Bonchev–Trinajstić information content (AvgIpc) is 2.81. The number of rotatable bonds is 5. The molecular weight excluding hydrogens is 164 g/mol. The van der Waals surface area contributed by atoms with Crippen LogP contribution in [0, 0.1) is 5.92 Å². The Bertz CT molecular complexity index is 197. The predicted molar refractivity (Wildman–Crippen MR) is 53.2 cm³/mol. The first-order chi connectivity index (χ1) is 5.97. The van der Waals surface area contributed by atoms with Crippen LogP contribution in [0.25, 0.3) is 0 Å². The van der Waals surface area contributed by atoms with Gasteiger partial charge >= 0.3 is 0 Å². The van der Waals surface area contributed by atoms with Crippen molar-refractivity contribution in [3.63, 3.8) is 0 Å². The van der Waals surface area contributed by atoms with Gasteiger partial charge in [-0.05, 0) is 39.0 Å². The summed E-state index contributed by atoms with van der Waals surface area (Å²) in [6.07, 6.45) is 3.32. The molecule has 1 amide bonds. The average molecular weight is 184 g/mol. The highest BCUT2D eigenvalue weighted by Gasteiger charge is 2.39. The van der Waals surface area contributed by atoms with E-state index in [1.54, 1.807) is 0 Å². The minimum atomic E-state index is -0.240. The van der Waals surface area contributed by atoms with E-state index in [1.165, 1.54) is 12.8 Å². The number of amides is 1. The molecule has 0 saturated heterocycles. The molecule has 3 N–H and O–H groups in total. The Balaban J connectivity index is 2.48. The summed E-state index contributed by atoms with van der Waals surface area (Å²) in [4.78, 5) is 11.0. The van der Waals surface area contributed by atoms with Gasteiger partial charge in [-0.25, -0.2) is 0 Å². The Hall–Kier alpha value is -0.570. The van der Waals surface area contributed by atoms with E-state index in [2.05, 4.69) is 19.2 Å². The summed E-state index contributed by atoms with van der Waals surface area (Å²) in [7, 11) is 0. The van der Waals surface area contributed by atoms with E-state index >= 15 is 0 Å². The molecule has 0 aromatic rings. The van der Waals surface area contributed by atoms with Gasteiger partial charge in [0.1, 0.15) is 0 Å². The molecule has 0 spiro atoms. The molecule has 1 unspecified atom stereocenters. The lowest BCUT2D eigenvalue weighted by molar-refractivity contribution is -0.120. The first-order valence-corrected chi connectivity index (χ1v) is 5.04. The second-order valence-corrected chi connectivity index (χ2v) is 4.50. The highest BCUT2D eigenvalue weighted by molar-refractivity contribution is 5.79. The monoisotopic (exact) mass is 184 g/mol. The largest absolute Gasteiger partial charge is 0.368 e. The Morgan fingerprint density at radius 2 is 2.15 bits per heavy atom. The molecule has 0 aromatic heterocycles. The normalized spacial score (nSPS) is 19.9. The molecule has 0 bridgehead atoms. The van der Waals surface area contributed by atoms with Gasteiger partial charge in [0.05, 0.1) is 6.04 Å². The maximum atomic E-state index is 11.0. The summed E-state index contributed by atoms with van der Waals surface area (Å²) in [5.41, 5.74) is 5.34. The number of hydrogen-bond donors (Lipinski definition) is 2. The third-order valence-corrected chi connectivity index (χ3v) is 2.90. The third-order valence-electron chi connectivity index (χ3n) is 2.90. The van der Waals surface area contributed by atoms with Crippen LogP contribution in [0.1, 0.15) is 40.0 Å². The lowest BCUT2D eigenvalue weighted by atomic mass is 9.96. The van der Waals surface area contributed by atoms with Crippen molar-refractivity contribution in [1.29, 1.82) is 0 Å². The molecule has 0 aromatic carbocycles. The van der Waals surface area contributed by atoms with Crippen molar-refractivity contribution in [3.8, 4) is 0 Å². The van der Waals surface area contributed by atoms with Gasteiger partial charge in [0.15, 0.2) is 0 Å². The lowest BCUT2D eigenvalue weighted by Gasteiger charge is -2.30. The van der Waals surface area contributed by atoms with Crippen LogP contribution in [-0.2, 0) is 4.79 Å². The molecule has 1 aliphatic carbocycles. The van der Waals surface area contributed by atoms with Gasteiger partial charge in [0.25, 0.3) is 0 Å². The van der Waals surface area contributed by atoms with Crippen LogP contribution < -0.4 is 11.1 Å². The maximum absolute atomic E-state index is 11.0. The predicted octanol–water partition coefficient (Wildman–Crippen LogP) is 1.03. The van der Waals surface area contributed by atoms with E-state index in [-0.39, 0.29) is 17.5 Å². The Morgan fingerprint density at radius 1 is 1.62 bits per heavy atom. The number of carbonyl (C=O) groups is 1. The number of nitrogens with two attached hydrogens (primary N) is 1. The molecule has 13 heavy (non-hydrogen) atoms. The molecule has 1 rings (SSSR count). The van der Waals surface area contributed by atoms with Gasteiger partial charge in [-0.3, -0.25) is 4.79 Å². The van der Waals surface area contributed by atoms with Crippen LogP contribution in [0.3, 0.4) is 0 Å². The van der Waals surface area contributed by atoms with Crippen LogP contribution in [0.5, 0.6) is 0 Å². The number of hydrogen-bond acceptors (Lipinski definition) is 2. The third kappa shape index (κ3) is 2.69. The molecule has 3 heteroatoms. The van der Waals surface area contributed by atoms with Gasteiger partial charge in [-0.15, -0.1) is 0 Å². The van der Waals surface area contributed by atoms with Crippen molar-refractivity contribution < 1.29 is 4.79 Å². The van der Waals surface area contributed by atoms with Crippen molar-refractivity contribution in [2.45, 2.75) is 51.6 Å². The molecule has 1 fully saturated rings. The van der Waals surface area contributed by atoms with E-state index in [4.69, 9.17) is 5.73 Å². The van der Waals surface area contributed by atoms with Gasteiger partial charge in [0, 0.05) is 5.54 Å². The summed E-state index contributed by atoms with van der Waals surface area (Å²) < 4.78 is 0. The smallest absolute Gasteiger partial charge is 0.234 e. The van der Waals surface area contributed by atoms with Crippen LogP contribution in [0.15, 0.2) is 0 Å². The first kappa shape index (κ1) is 10.5. The van der Waals surface area contributed by atoms with Gasteiger partial charge in [0.2, 0.25) is 5.91 Å². The van der Waals surface area contributed by atoms with Crippen molar-refractivity contribution in [3.05, 3.63) is 0 Å². The van der Waals surface area contributed by atoms with E-state index in [0.717, 1.165) is 12.3 Å². The highest BCUT2D eigenvalue weighted by atomic mass is 16.1. The molecule has 3 nitrogen and oxygen atoms in total. The summed E-state index contributed by atoms with van der Waals surface area (Å²) in [6.45, 7) is 6.28. The molecule has 0 heterocycles. The number of nitrogens with one attached hydrogen (secondary N) is 1. The standard InChI is InChI=1S/C10H20N2O/c1-4-8(9(11)13)12-10(2,3)7-5-6-7/h7-8,12H,4-6H2,1-3H3,(H2,11,13). The molecule has 1 aliphatic rings. The lowest BCUT2D eigenvalue weighted by Crippen LogP contribution is -2.52. The Morgan fingerprint density at radius 3 is 2.46 bits per heavy atom. The number of primary amides is 1. The van der Waals surface area contributed by atoms with Crippen molar-refractivity contribution in [1.82, 2.24) is 5.32 Å². The Kier molecular flexibility index (Phi) is 2.96. The van der Waals surface area contributed by atoms with Crippen molar-refractivity contribution in [2.75, 3.05) is 0 Å². The fourth-order valence-corrected chi connectivity index (χ4v) is 1.75. The van der Waals surface area contributed by atoms with Gasteiger partial charge < -0.3 is 11.1 Å². The highest BCUT2D eigenvalue weighted by Crippen LogP contribution is 2.39. The van der Waals surface area contributed by atoms with E-state index in [1.807, 2.05) is 6.92 Å². The zero-order valence-electron chi connectivity index (χ0n) is 8.76. The SMILES string of the molecule is CCC(NC(C)(C)C1CC1)C(N)=O. The van der Waals surface area contributed by atoms with Gasteiger partial charge in [-0.2, -0.15) is 0 Å². The molecular formula is C10H20N2O. The molecule has 0 aliphatic heterocycles. The maximum Gasteiger partial charge on any atom is 0.234 e. The van der Waals surface area contributed by atoms with E-state index < -0.39 is 0 Å². The number of carbonyl (C=O) groups excluding carboxylic acids is 1. The fourth-order valence-electron chi connectivity index (χ4n) is 1.75. The quantitative estimate of drug-likeness (QED) is 0.670. The summed E-state index contributed by atoms with van der Waals surface area (Å²) >= 11 is 0. The summed E-state index contributed by atoms with van der Waals surface area (Å²) in [6, 6.07) is -0.171.